The van der Waals surface area contributed by atoms with E-state index in [2.05, 4.69) is 15.1 Å². The van der Waals surface area contributed by atoms with Crippen molar-refractivity contribution in [3.05, 3.63) is 65.4 Å². The van der Waals surface area contributed by atoms with E-state index in [1.807, 2.05) is 35.2 Å². The maximum atomic E-state index is 12.9. The number of amides is 1. The molecule has 6 heteroatoms. The largest absolute Gasteiger partial charge is 0.360 e. The Kier molecular flexibility index (Phi) is 3.55. The summed E-state index contributed by atoms with van der Waals surface area (Å²) in [5.74, 6) is 1.19. The Hall–Kier alpha value is -3.02. The summed E-state index contributed by atoms with van der Waals surface area (Å²) in [6, 6.07) is 11.8. The number of hydrogen-bond donors (Lipinski definition) is 0. The van der Waals surface area contributed by atoms with E-state index in [0.29, 0.717) is 24.7 Å². The summed E-state index contributed by atoms with van der Waals surface area (Å²) in [5.41, 5.74) is 4.37. The molecule has 0 radical (unpaired) electrons. The molecule has 1 saturated carbocycles. The van der Waals surface area contributed by atoms with Crippen LogP contribution in [-0.2, 0) is 13.0 Å². The van der Waals surface area contributed by atoms with Crippen LogP contribution in [-0.4, -0.2) is 32.5 Å². The second-order valence-electron chi connectivity index (χ2n) is 6.88. The van der Waals surface area contributed by atoms with Crippen LogP contribution >= 0.6 is 0 Å². The van der Waals surface area contributed by atoms with Gasteiger partial charge in [0, 0.05) is 42.6 Å². The highest BCUT2D eigenvalue weighted by Gasteiger charge is 2.31. The summed E-state index contributed by atoms with van der Waals surface area (Å²) in [7, 11) is 0. The fraction of sp³-hybridized carbons (Fsp3) is 0.300. The number of rotatable bonds is 3. The first kappa shape index (κ1) is 15.3. The minimum absolute atomic E-state index is 0.0887. The van der Waals surface area contributed by atoms with Crippen molar-refractivity contribution in [1.82, 2.24) is 20.0 Å². The molecule has 0 atom stereocenters. The van der Waals surface area contributed by atoms with Crippen LogP contribution in [0.5, 0.6) is 0 Å². The van der Waals surface area contributed by atoms with Crippen molar-refractivity contribution in [2.45, 2.75) is 31.7 Å². The normalized spacial score (nSPS) is 16.4. The highest BCUT2D eigenvalue weighted by Crippen LogP contribution is 2.40. The number of nitrogens with zero attached hydrogens (tertiary/aromatic N) is 4. The first-order chi connectivity index (χ1) is 12.8. The molecule has 0 N–H and O–H groups in total. The van der Waals surface area contributed by atoms with E-state index in [1.165, 1.54) is 0 Å². The van der Waals surface area contributed by atoms with Crippen molar-refractivity contribution in [3.63, 3.8) is 0 Å². The van der Waals surface area contributed by atoms with E-state index in [-0.39, 0.29) is 5.91 Å². The Morgan fingerprint density at radius 3 is 2.81 bits per heavy atom. The fourth-order valence-electron chi connectivity index (χ4n) is 3.47. The van der Waals surface area contributed by atoms with Gasteiger partial charge >= 0.3 is 0 Å². The van der Waals surface area contributed by atoms with Crippen LogP contribution in [0, 0.1) is 0 Å². The molecule has 3 heterocycles. The highest BCUT2D eigenvalue weighted by molar-refractivity contribution is 5.92. The maximum Gasteiger partial charge on any atom is 0.276 e. The van der Waals surface area contributed by atoms with Crippen LogP contribution in [0.2, 0.25) is 0 Å². The van der Waals surface area contributed by atoms with Gasteiger partial charge in [-0.15, -0.1) is 0 Å². The van der Waals surface area contributed by atoms with Gasteiger partial charge in [-0.3, -0.25) is 4.79 Å². The molecule has 6 nitrogen and oxygen atoms in total. The van der Waals surface area contributed by atoms with Gasteiger partial charge < -0.3 is 9.42 Å². The molecule has 3 aromatic rings. The monoisotopic (exact) mass is 346 g/mol. The molecule has 1 aromatic carbocycles. The minimum atomic E-state index is -0.0887. The maximum absolute atomic E-state index is 12.9. The third kappa shape index (κ3) is 2.67. The Bertz CT molecular complexity index is 963. The van der Waals surface area contributed by atoms with E-state index < -0.39 is 0 Å². The van der Waals surface area contributed by atoms with Gasteiger partial charge in [0.15, 0.2) is 5.69 Å². The summed E-state index contributed by atoms with van der Waals surface area (Å²) in [6.07, 6.45) is 4.57. The molecule has 0 unspecified atom stereocenters. The van der Waals surface area contributed by atoms with Gasteiger partial charge in [0.1, 0.15) is 12.1 Å². The lowest BCUT2D eigenvalue weighted by atomic mass is 9.99. The molecule has 5 rings (SSSR count). The molecule has 1 aliphatic heterocycles. The molecule has 26 heavy (non-hydrogen) atoms. The number of benzene rings is 1. The Balaban J connectivity index is 1.44. The van der Waals surface area contributed by atoms with Gasteiger partial charge in [-0.25, -0.2) is 9.97 Å². The molecular formula is C20H18N4O2. The molecule has 130 valence electrons. The van der Waals surface area contributed by atoms with Crippen molar-refractivity contribution in [2.24, 2.45) is 0 Å². The minimum Gasteiger partial charge on any atom is -0.360 e. The third-order valence-corrected chi connectivity index (χ3v) is 5.06. The van der Waals surface area contributed by atoms with Gasteiger partial charge in [-0.2, -0.15) is 0 Å². The predicted octanol–water partition coefficient (Wildman–Crippen LogP) is 3.21. The topological polar surface area (TPSA) is 72.1 Å². The van der Waals surface area contributed by atoms with E-state index in [0.717, 1.165) is 47.5 Å². The highest BCUT2D eigenvalue weighted by atomic mass is 16.5. The van der Waals surface area contributed by atoms with Crippen molar-refractivity contribution in [2.75, 3.05) is 6.54 Å². The zero-order valence-electron chi connectivity index (χ0n) is 14.3. The van der Waals surface area contributed by atoms with Crippen molar-refractivity contribution in [1.29, 1.82) is 0 Å². The van der Waals surface area contributed by atoms with Gasteiger partial charge in [0.25, 0.3) is 5.91 Å². The second-order valence-corrected chi connectivity index (χ2v) is 6.88. The second kappa shape index (κ2) is 6.05. The lowest BCUT2D eigenvalue weighted by Gasteiger charge is -2.28. The summed E-state index contributed by atoms with van der Waals surface area (Å²) < 4.78 is 5.34. The predicted molar refractivity (Wildman–Crippen MR) is 94.4 cm³/mol. The number of fused-ring (bicyclic) bond motifs is 1. The number of aromatic nitrogens is 3. The lowest BCUT2D eigenvalue weighted by Crippen LogP contribution is -2.37. The van der Waals surface area contributed by atoms with Gasteiger partial charge in [-0.1, -0.05) is 35.5 Å². The standard InChI is InChI=1S/C20H18N4O2/c25-20(17-10-18(26-23-17)13-6-7-13)24-9-8-16-15(11-24)19(22-12-21-16)14-4-2-1-3-5-14/h1-5,10,12-13H,6-9,11H2. The van der Waals surface area contributed by atoms with Crippen LogP contribution in [0.4, 0.5) is 0 Å². The molecule has 2 aliphatic rings. The van der Waals surface area contributed by atoms with Crippen LogP contribution in [0.25, 0.3) is 11.3 Å². The quantitative estimate of drug-likeness (QED) is 0.728. The third-order valence-electron chi connectivity index (χ3n) is 5.06. The fourth-order valence-corrected chi connectivity index (χ4v) is 3.47. The van der Waals surface area contributed by atoms with E-state index in [1.54, 1.807) is 12.4 Å². The summed E-state index contributed by atoms with van der Waals surface area (Å²) >= 11 is 0. The molecule has 1 fully saturated rings. The summed E-state index contributed by atoms with van der Waals surface area (Å²) in [5, 5.41) is 3.99. The van der Waals surface area contributed by atoms with E-state index in [4.69, 9.17) is 4.52 Å². The molecule has 1 aliphatic carbocycles. The zero-order valence-corrected chi connectivity index (χ0v) is 14.3. The first-order valence-corrected chi connectivity index (χ1v) is 8.93. The zero-order chi connectivity index (χ0) is 17.5. The van der Waals surface area contributed by atoms with Crippen LogP contribution in [0.3, 0.4) is 0 Å². The van der Waals surface area contributed by atoms with Crippen molar-refractivity contribution < 1.29 is 9.32 Å². The molecule has 1 amide bonds. The van der Waals surface area contributed by atoms with Crippen LogP contribution in [0.1, 0.15) is 46.3 Å². The van der Waals surface area contributed by atoms with Crippen LogP contribution in [0.15, 0.2) is 47.2 Å². The number of hydrogen-bond acceptors (Lipinski definition) is 5. The first-order valence-electron chi connectivity index (χ1n) is 8.93. The number of carbonyl (C=O) groups excluding carboxylic acids is 1. The van der Waals surface area contributed by atoms with E-state index >= 15 is 0 Å². The van der Waals surface area contributed by atoms with Crippen LogP contribution < -0.4 is 0 Å². The average Bonchev–Trinajstić information content (AvgIpc) is 3.44. The van der Waals surface area contributed by atoms with Gasteiger partial charge in [0.2, 0.25) is 0 Å². The number of carbonyl (C=O) groups is 1. The lowest BCUT2D eigenvalue weighted by molar-refractivity contribution is 0.0723. The van der Waals surface area contributed by atoms with Crippen molar-refractivity contribution in [3.8, 4) is 11.3 Å². The Labute approximate surface area is 150 Å². The average molecular weight is 346 g/mol. The van der Waals surface area contributed by atoms with Gasteiger partial charge in [0.05, 0.1) is 11.4 Å². The SMILES string of the molecule is O=C(c1cc(C2CC2)on1)N1CCc2ncnc(-c3ccccc3)c2C1. The molecule has 0 saturated heterocycles. The Morgan fingerprint density at radius 2 is 2.00 bits per heavy atom. The van der Waals surface area contributed by atoms with E-state index in [9.17, 15) is 4.79 Å². The Morgan fingerprint density at radius 1 is 1.15 bits per heavy atom. The van der Waals surface area contributed by atoms with Gasteiger partial charge in [-0.05, 0) is 12.8 Å². The molecule has 0 bridgehead atoms. The van der Waals surface area contributed by atoms with Crippen molar-refractivity contribution >= 4 is 5.91 Å². The molecule has 0 spiro atoms. The smallest absolute Gasteiger partial charge is 0.276 e. The molecule has 2 aromatic heterocycles. The summed E-state index contributed by atoms with van der Waals surface area (Å²) in [4.78, 5) is 23.6. The molecular weight excluding hydrogens is 328 g/mol. The summed E-state index contributed by atoms with van der Waals surface area (Å²) in [6.45, 7) is 1.12.